The van der Waals surface area contributed by atoms with Crippen LogP contribution in [0.3, 0.4) is 0 Å². The summed E-state index contributed by atoms with van der Waals surface area (Å²) >= 11 is 0. The third kappa shape index (κ3) is 11.1. The minimum absolute atomic E-state index is 0. The van der Waals surface area contributed by atoms with E-state index in [4.69, 9.17) is 14.3 Å². The maximum Gasteiger partial charge on any atom is 0.226 e. The Morgan fingerprint density at radius 3 is 2.23 bits per heavy atom. The molecule has 1 heterocycles. The number of aliphatic hydroxyl groups excluding tert-OH is 1. The van der Waals surface area contributed by atoms with Gasteiger partial charge in [-0.05, 0) is 31.9 Å². The number of aryl methyl sites for hydroxylation is 2. The molecule has 0 fully saturated rings. The molecule has 0 saturated carbocycles. The fourth-order valence-corrected chi connectivity index (χ4v) is 2.57. The first-order chi connectivity index (χ1) is 14.5. The summed E-state index contributed by atoms with van der Waals surface area (Å²) in [5.41, 5.74) is 5.25. The van der Waals surface area contributed by atoms with E-state index >= 15 is 0 Å². The van der Waals surface area contributed by atoms with Crippen LogP contribution in [-0.2, 0) is 43.9 Å². The second kappa shape index (κ2) is 18.6. The molecule has 1 N–H and O–H groups in total. The number of allylic oxidation sites excluding steroid dienone is 1. The van der Waals surface area contributed by atoms with Crippen LogP contribution in [0.1, 0.15) is 56.7 Å². The van der Waals surface area contributed by atoms with Crippen molar-refractivity contribution in [2.75, 3.05) is 0 Å². The van der Waals surface area contributed by atoms with Crippen molar-refractivity contribution < 1.29 is 47.0 Å². The number of nitrogens with zero attached hydrogens (tertiary/aromatic N) is 1. The smallest absolute Gasteiger partial charge is 0.226 e. The molecule has 1 radical (unpaired) electrons. The second-order valence-corrected chi connectivity index (χ2v) is 5.78. The van der Waals surface area contributed by atoms with Gasteiger partial charge in [0, 0.05) is 38.3 Å². The van der Waals surface area contributed by atoms with Crippen LogP contribution in [0.25, 0.3) is 17.0 Å². The van der Waals surface area contributed by atoms with Crippen LogP contribution in [0.5, 0.6) is 0 Å². The molecular formula is C26H33NO3Y-2. The van der Waals surface area contributed by atoms with Gasteiger partial charge in [-0.2, -0.15) is 24.6 Å². The number of benzene rings is 2. The Morgan fingerprint density at radius 1 is 1.10 bits per heavy atom. The third-order valence-electron chi connectivity index (χ3n) is 3.91. The predicted octanol–water partition coefficient (Wildman–Crippen LogP) is 7.14. The van der Waals surface area contributed by atoms with Crippen molar-refractivity contribution in [2.24, 2.45) is 0 Å². The number of aromatic nitrogens is 1. The number of hydrogen-bond acceptors (Lipinski definition) is 3. The van der Waals surface area contributed by atoms with E-state index in [1.807, 2.05) is 77.1 Å². The van der Waals surface area contributed by atoms with Crippen LogP contribution < -0.4 is 0 Å². The SMILES string of the molecule is C=C(CCc1nc(-c2ccccc2)oc1C)c1cccc([CH2-])c1.CC.CC.O=[C-]O.[Y]. The van der Waals surface area contributed by atoms with E-state index in [-0.39, 0.29) is 32.7 Å². The minimum atomic E-state index is 0. The van der Waals surface area contributed by atoms with Gasteiger partial charge in [0.25, 0.3) is 0 Å². The molecule has 0 unspecified atom stereocenters. The zero-order chi connectivity index (χ0) is 22.9. The molecule has 0 aliphatic heterocycles. The molecule has 0 saturated heterocycles. The second-order valence-electron chi connectivity index (χ2n) is 5.78. The van der Waals surface area contributed by atoms with Crippen molar-refractivity contribution in [3.05, 3.63) is 90.7 Å². The topological polar surface area (TPSA) is 63.3 Å². The number of hydrogen-bond donors (Lipinski definition) is 1. The van der Waals surface area contributed by atoms with Crippen molar-refractivity contribution in [3.8, 4) is 11.5 Å². The standard InChI is InChI=1S/C21H20NO.2C2H6.CHO2.Y/c1-15-8-7-11-19(14-15)16(2)12-13-20-17(3)23-21(22-20)18-9-5-4-6-10-18;2*1-2;2-1-3;/h4-11,14H,1-2,12-13H2,3H3;2*1-2H3;(H,2,3);/q-1;;;-1;. The normalized spacial score (nSPS) is 8.68. The minimum Gasteiger partial charge on any atom is -0.665 e. The summed E-state index contributed by atoms with van der Waals surface area (Å²) in [5.74, 6) is 1.56. The average molecular weight is 496 g/mol. The summed E-state index contributed by atoms with van der Waals surface area (Å²) in [5, 5.41) is 6.76. The van der Waals surface area contributed by atoms with E-state index in [1.54, 1.807) is 0 Å². The molecule has 0 atom stereocenters. The molecule has 165 valence electrons. The molecule has 4 nitrogen and oxygen atoms in total. The molecular weight excluding hydrogens is 463 g/mol. The summed E-state index contributed by atoms with van der Waals surface area (Å²) in [6.45, 7) is 18.6. The first-order valence-corrected chi connectivity index (χ1v) is 10.2. The van der Waals surface area contributed by atoms with Crippen LogP contribution in [0.4, 0.5) is 0 Å². The zero-order valence-corrected chi connectivity index (χ0v) is 22.2. The predicted molar refractivity (Wildman–Crippen MR) is 126 cm³/mol. The maximum atomic E-state index is 8.24. The number of oxazole rings is 1. The molecule has 3 aromatic rings. The molecule has 0 aliphatic rings. The van der Waals surface area contributed by atoms with Gasteiger partial charge in [0.15, 0.2) is 0 Å². The zero-order valence-electron chi connectivity index (χ0n) is 19.3. The van der Waals surface area contributed by atoms with Gasteiger partial charge >= 0.3 is 0 Å². The molecule has 0 aliphatic carbocycles. The van der Waals surface area contributed by atoms with Gasteiger partial charge < -0.3 is 14.3 Å². The molecule has 2 aromatic carbocycles. The maximum absolute atomic E-state index is 8.24. The van der Waals surface area contributed by atoms with E-state index in [9.17, 15) is 0 Å². The van der Waals surface area contributed by atoms with E-state index in [0.29, 0.717) is 12.4 Å². The summed E-state index contributed by atoms with van der Waals surface area (Å²) in [7, 11) is 0. The van der Waals surface area contributed by atoms with Gasteiger partial charge in [-0.1, -0.05) is 76.1 Å². The monoisotopic (exact) mass is 496 g/mol. The first-order valence-electron chi connectivity index (χ1n) is 10.2. The summed E-state index contributed by atoms with van der Waals surface area (Å²) in [4.78, 5) is 12.9. The number of rotatable bonds is 5. The van der Waals surface area contributed by atoms with E-state index in [1.165, 1.54) is 0 Å². The molecule has 0 spiro atoms. The van der Waals surface area contributed by atoms with E-state index < -0.39 is 0 Å². The van der Waals surface area contributed by atoms with Crippen LogP contribution in [0.2, 0.25) is 0 Å². The Kier molecular flexibility index (Phi) is 18.6. The molecule has 0 amide bonds. The third-order valence-corrected chi connectivity index (χ3v) is 3.91. The van der Waals surface area contributed by atoms with Gasteiger partial charge in [0.2, 0.25) is 5.89 Å². The van der Waals surface area contributed by atoms with E-state index in [2.05, 4.69) is 30.6 Å². The van der Waals surface area contributed by atoms with Gasteiger partial charge in [0.05, 0.1) is 5.69 Å². The van der Waals surface area contributed by atoms with E-state index in [0.717, 1.165) is 46.6 Å². The molecule has 5 heteroatoms. The Morgan fingerprint density at radius 2 is 1.68 bits per heavy atom. The Labute approximate surface area is 212 Å². The van der Waals surface area contributed by atoms with Crippen molar-refractivity contribution in [1.29, 1.82) is 0 Å². The molecule has 1 aromatic heterocycles. The summed E-state index contributed by atoms with van der Waals surface area (Å²) in [6, 6.07) is 18.1. The van der Waals surface area contributed by atoms with Crippen molar-refractivity contribution in [2.45, 2.75) is 47.5 Å². The van der Waals surface area contributed by atoms with Crippen molar-refractivity contribution in [3.63, 3.8) is 0 Å². The largest absolute Gasteiger partial charge is 0.665 e. The van der Waals surface area contributed by atoms with Crippen molar-refractivity contribution in [1.82, 2.24) is 4.98 Å². The van der Waals surface area contributed by atoms with Crippen molar-refractivity contribution >= 4 is 12.0 Å². The van der Waals surface area contributed by atoms with Crippen LogP contribution >= 0.6 is 0 Å². The van der Waals surface area contributed by atoms with Gasteiger partial charge in [-0.3, -0.25) is 0 Å². The summed E-state index contributed by atoms with van der Waals surface area (Å²) < 4.78 is 5.81. The molecule has 3 rings (SSSR count). The first kappa shape index (κ1) is 31.0. The van der Waals surface area contributed by atoms with Crippen LogP contribution in [0.15, 0.2) is 65.6 Å². The fraction of sp³-hybridized carbons (Fsp3) is 0.269. The Balaban J connectivity index is 0. The Hall–Kier alpha value is -2.17. The quantitative estimate of drug-likeness (QED) is 0.382. The van der Waals surface area contributed by atoms with Crippen LogP contribution in [0, 0.1) is 13.8 Å². The molecule has 0 bridgehead atoms. The van der Waals surface area contributed by atoms with Gasteiger partial charge in [-0.15, -0.1) is 6.07 Å². The molecule has 31 heavy (non-hydrogen) atoms. The van der Waals surface area contributed by atoms with Gasteiger partial charge in [-0.25, -0.2) is 4.98 Å². The fourth-order valence-electron chi connectivity index (χ4n) is 2.57. The van der Waals surface area contributed by atoms with Crippen LogP contribution in [-0.4, -0.2) is 16.6 Å². The Bertz CT molecular complexity index is 873. The summed E-state index contributed by atoms with van der Waals surface area (Å²) in [6.07, 6.45) is 1.67. The average Bonchev–Trinajstić information content (AvgIpc) is 3.16. The van der Waals surface area contributed by atoms with Gasteiger partial charge in [0.1, 0.15) is 5.76 Å².